The SMILES string of the molecule is CCOc1ccc(S(=O)(=O)N(C)CC(=O)N[C@H](C)c2ccccc2)cc1Cl. The Balaban J connectivity index is 2.06. The highest BCUT2D eigenvalue weighted by Gasteiger charge is 2.24. The normalized spacial score (nSPS) is 12.6. The van der Waals surface area contributed by atoms with Crippen molar-refractivity contribution in [2.75, 3.05) is 20.2 Å². The van der Waals surface area contributed by atoms with Gasteiger partial charge in [0.05, 0.1) is 29.1 Å². The van der Waals surface area contributed by atoms with E-state index in [4.69, 9.17) is 16.3 Å². The zero-order valence-corrected chi connectivity index (χ0v) is 17.0. The van der Waals surface area contributed by atoms with Crippen LogP contribution < -0.4 is 10.1 Å². The molecule has 0 unspecified atom stereocenters. The number of hydrogen-bond acceptors (Lipinski definition) is 4. The predicted molar refractivity (Wildman–Crippen MR) is 105 cm³/mol. The summed E-state index contributed by atoms with van der Waals surface area (Å²) in [5, 5.41) is 3.00. The molecule has 0 radical (unpaired) electrons. The van der Waals surface area contributed by atoms with Gasteiger partial charge in [-0.05, 0) is 37.6 Å². The van der Waals surface area contributed by atoms with Crippen molar-refractivity contribution in [1.82, 2.24) is 9.62 Å². The molecule has 0 aliphatic carbocycles. The van der Waals surface area contributed by atoms with Crippen molar-refractivity contribution in [3.63, 3.8) is 0 Å². The Morgan fingerprint density at radius 1 is 1.22 bits per heavy atom. The summed E-state index contributed by atoms with van der Waals surface area (Å²) in [5.41, 5.74) is 0.939. The Bertz CT molecular complexity index is 888. The molecule has 0 fully saturated rings. The average molecular weight is 411 g/mol. The second kappa shape index (κ2) is 9.21. The van der Waals surface area contributed by atoms with E-state index in [0.29, 0.717) is 12.4 Å². The van der Waals surface area contributed by atoms with E-state index in [2.05, 4.69) is 5.32 Å². The van der Waals surface area contributed by atoms with Crippen LogP contribution in [-0.2, 0) is 14.8 Å². The molecule has 0 heterocycles. The van der Waals surface area contributed by atoms with Crippen LogP contribution in [0.3, 0.4) is 0 Å². The van der Waals surface area contributed by atoms with E-state index in [1.165, 1.54) is 25.2 Å². The first-order valence-corrected chi connectivity index (χ1v) is 10.3. The van der Waals surface area contributed by atoms with Crippen molar-refractivity contribution in [2.24, 2.45) is 0 Å². The van der Waals surface area contributed by atoms with Crippen LogP contribution in [0.1, 0.15) is 25.5 Å². The monoisotopic (exact) mass is 410 g/mol. The molecule has 2 aromatic rings. The van der Waals surface area contributed by atoms with Gasteiger partial charge >= 0.3 is 0 Å². The highest BCUT2D eigenvalue weighted by Crippen LogP contribution is 2.28. The molecule has 0 aromatic heterocycles. The molecule has 1 atom stereocenters. The lowest BCUT2D eigenvalue weighted by molar-refractivity contribution is -0.121. The van der Waals surface area contributed by atoms with Crippen LogP contribution in [-0.4, -0.2) is 38.8 Å². The largest absolute Gasteiger partial charge is 0.492 e. The van der Waals surface area contributed by atoms with Gasteiger partial charge in [-0.1, -0.05) is 41.9 Å². The minimum Gasteiger partial charge on any atom is -0.492 e. The van der Waals surface area contributed by atoms with E-state index in [0.717, 1.165) is 9.87 Å². The molecule has 146 valence electrons. The number of nitrogens with zero attached hydrogens (tertiary/aromatic N) is 1. The van der Waals surface area contributed by atoms with Crippen molar-refractivity contribution in [1.29, 1.82) is 0 Å². The summed E-state index contributed by atoms with van der Waals surface area (Å²) in [6.45, 7) is 3.77. The third-order valence-electron chi connectivity index (χ3n) is 3.95. The van der Waals surface area contributed by atoms with Crippen LogP contribution in [0.4, 0.5) is 0 Å². The maximum Gasteiger partial charge on any atom is 0.243 e. The molecular weight excluding hydrogens is 388 g/mol. The van der Waals surface area contributed by atoms with Gasteiger partial charge in [0.1, 0.15) is 5.75 Å². The molecular formula is C19H23ClN2O4S. The summed E-state index contributed by atoms with van der Waals surface area (Å²) >= 11 is 6.07. The quantitative estimate of drug-likeness (QED) is 0.724. The molecule has 1 N–H and O–H groups in total. The van der Waals surface area contributed by atoms with Crippen LogP contribution >= 0.6 is 11.6 Å². The minimum absolute atomic E-state index is 0.00219. The molecule has 1 amide bonds. The lowest BCUT2D eigenvalue weighted by Gasteiger charge is -2.20. The molecule has 2 aromatic carbocycles. The Morgan fingerprint density at radius 3 is 2.48 bits per heavy atom. The number of hydrogen-bond donors (Lipinski definition) is 1. The van der Waals surface area contributed by atoms with Crippen molar-refractivity contribution in [3.05, 3.63) is 59.1 Å². The number of benzene rings is 2. The summed E-state index contributed by atoms with van der Waals surface area (Å²) in [6, 6.07) is 13.4. The number of ether oxygens (including phenoxy) is 1. The highest BCUT2D eigenvalue weighted by atomic mass is 35.5. The fraction of sp³-hybridized carbons (Fsp3) is 0.316. The third-order valence-corrected chi connectivity index (χ3v) is 6.05. The standard InChI is InChI=1S/C19H23ClN2O4S/c1-4-26-18-11-10-16(12-17(18)20)27(24,25)22(3)13-19(23)21-14(2)15-8-6-5-7-9-15/h5-12,14H,4,13H2,1-3H3,(H,21,23)/t14-/m1/s1. The maximum atomic E-state index is 12.7. The fourth-order valence-corrected chi connectivity index (χ4v) is 3.95. The molecule has 2 rings (SSSR count). The van der Waals surface area contributed by atoms with Crippen LogP contribution in [0.5, 0.6) is 5.75 Å². The van der Waals surface area contributed by atoms with Crippen molar-refractivity contribution >= 4 is 27.5 Å². The third kappa shape index (κ3) is 5.45. The smallest absolute Gasteiger partial charge is 0.243 e. The average Bonchev–Trinajstić information content (AvgIpc) is 2.64. The zero-order chi connectivity index (χ0) is 20.0. The number of sulfonamides is 1. The van der Waals surface area contributed by atoms with Crippen LogP contribution in [0.15, 0.2) is 53.4 Å². The summed E-state index contributed by atoms with van der Waals surface area (Å²) in [5.74, 6) is 0.0182. The summed E-state index contributed by atoms with van der Waals surface area (Å²) < 4.78 is 31.7. The van der Waals surface area contributed by atoms with Gasteiger partial charge in [0.25, 0.3) is 0 Å². The lowest BCUT2D eigenvalue weighted by atomic mass is 10.1. The Hall–Kier alpha value is -2.09. The first-order chi connectivity index (χ1) is 12.8. The summed E-state index contributed by atoms with van der Waals surface area (Å²) in [7, 11) is -2.50. The van der Waals surface area contributed by atoms with E-state index in [-0.39, 0.29) is 22.5 Å². The highest BCUT2D eigenvalue weighted by molar-refractivity contribution is 7.89. The zero-order valence-electron chi connectivity index (χ0n) is 15.5. The molecule has 0 saturated heterocycles. The van der Waals surface area contributed by atoms with Crippen molar-refractivity contribution < 1.29 is 17.9 Å². The number of carbonyl (C=O) groups is 1. The molecule has 6 nitrogen and oxygen atoms in total. The van der Waals surface area contributed by atoms with Gasteiger partial charge in [-0.15, -0.1) is 0 Å². The predicted octanol–water partition coefficient (Wildman–Crippen LogP) is 3.24. The Morgan fingerprint density at radius 2 is 1.89 bits per heavy atom. The number of amides is 1. The molecule has 8 heteroatoms. The number of halogens is 1. The Kier molecular flexibility index (Phi) is 7.24. The van der Waals surface area contributed by atoms with Crippen LogP contribution in [0.25, 0.3) is 0 Å². The molecule has 0 bridgehead atoms. The van der Waals surface area contributed by atoms with Gasteiger partial charge in [-0.3, -0.25) is 4.79 Å². The van der Waals surface area contributed by atoms with Crippen molar-refractivity contribution in [3.8, 4) is 5.75 Å². The second-order valence-corrected chi connectivity index (χ2v) is 8.44. The topological polar surface area (TPSA) is 75.7 Å². The molecule has 0 aliphatic rings. The molecule has 0 saturated carbocycles. The number of likely N-dealkylation sites (N-methyl/N-ethyl adjacent to an activating group) is 1. The maximum absolute atomic E-state index is 12.7. The first-order valence-electron chi connectivity index (χ1n) is 8.48. The van der Waals surface area contributed by atoms with Gasteiger partial charge in [-0.25, -0.2) is 8.42 Å². The van der Waals surface area contributed by atoms with Gasteiger partial charge < -0.3 is 10.1 Å². The van der Waals surface area contributed by atoms with E-state index in [9.17, 15) is 13.2 Å². The van der Waals surface area contributed by atoms with Crippen LogP contribution in [0.2, 0.25) is 5.02 Å². The minimum atomic E-state index is -3.86. The number of carbonyl (C=O) groups excluding carboxylic acids is 1. The molecule has 27 heavy (non-hydrogen) atoms. The van der Waals surface area contributed by atoms with E-state index >= 15 is 0 Å². The summed E-state index contributed by atoms with van der Waals surface area (Å²) in [6.07, 6.45) is 0. The van der Waals surface area contributed by atoms with E-state index in [1.807, 2.05) is 44.2 Å². The van der Waals surface area contributed by atoms with E-state index < -0.39 is 15.9 Å². The molecule has 0 spiro atoms. The van der Waals surface area contributed by atoms with Gasteiger partial charge in [-0.2, -0.15) is 4.31 Å². The molecule has 0 aliphatic heterocycles. The van der Waals surface area contributed by atoms with Gasteiger partial charge in [0, 0.05) is 7.05 Å². The van der Waals surface area contributed by atoms with Crippen molar-refractivity contribution in [2.45, 2.75) is 24.8 Å². The lowest BCUT2D eigenvalue weighted by Crippen LogP contribution is -2.39. The van der Waals surface area contributed by atoms with E-state index in [1.54, 1.807) is 0 Å². The summed E-state index contributed by atoms with van der Waals surface area (Å²) in [4.78, 5) is 12.3. The second-order valence-electron chi connectivity index (χ2n) is 5.99. The number of rotatable bonds is 8. The fourth-order valence-electron chi connectivity index (χ4n) is 2.49. The Labute approximate surface area is 165 Å². The first kappa shape index (κ1) is 21.2. The van der Waals surface area contributed by atoms with Gasteiger partial charge in [0.2, 0.25) is 15.9 Å². The van der Waals surface area contributed by atoms with Crippen LogP contribution in [0, 0.1) is 0 Å². The number of nitrogens with one attached hydrogen (secondary N) is 1. The van der Waals surface area contributed by atoms with Gasteiger partial charge in [0.15, 0.2) is 0 Å².